The molecule has 2 amide bonds. The maximum Gasteiger partial charge on any atom is 0.243 e. The average molecular weight is 465 g/mol. The molecule has 0 aromatic heterocycles. The maximum absolute atomic E-state index is 13.4. The molecular weight excluding hydrogens is 435 g/mol. The largest absolute Gasteiger partial charge is 0.355 e. The van der Waals surface area contributed by atoms with E-state index in [0.29, 0.717) is 18.7 Å². The number of carbonyl (C=O) groups excluding carboxylic acids is 2. The Morgan fingerprint density at radius 3 is 2.09 bits per heavy atom. The quantitative estimate of drug-likeness (QED) is 0.442. The van der Waals surface area contributed by atoms with Gasteiger partial charge in [0, 0.05) is 25.3 Å². The summed E-state index contributed by atoms with van der Waals surface area (Å²) >= 11 is 1.52. The monoisotopic (exact) mass is 464 g/mol. The lowest BCUT2D eigenvalue weighted by Crippen LogP contribution is -2.51. The standard InChI is InChI=1S/C27H29FN2O2S/c1-2-29-27(32)25(17-21-9-5-3-6-10-21)30(18-22-13-15-24(28)16-14-22)26(31)20-33-19-23-11-7-4-8-12-23/h3-16,25H,2,17-20H2,1H3,(H,29,32). The van der Waals surface area contributed by atoms with Crippen LogP contribution in [0.5, 0.6) is 0 Å². The Hall–Kier alpha value is -3.12. The number of amides is 2. The number of hydrogen-bond acceptors (Lipinski definition) is 3. The second-order valence-corrected chi connectivity index (χ2v) is 8.71. The number of nitrogens with one attached hydrogen (secondary N) is 1. The van der Waals surface area contributed by atoms with E-state index in [-0.39, 0.29) is 29.9 Å². The molecule has 0 radical (unpaired) electrons. The second kappa shape index (κ2) is 12.8. The van der Waals surface area contributed by atoms with E-state index in [1.807, 2.05) is 67.6 Å². The highest BCUT2D eigenvalue weighted by Crippen LogP contribution is 2.18. The molecule has 0 fully saturated rings. The smallest absolute Gasteiger partial charge is 0.243 e. The molecule has 0 aliphatic rings. The fraction of sp³-hybridized carbons (Fsp3) is 0.259. The third-order valence-corrected chi connectivity index (χ3v) is 6.21. The SMILES string of the molecule is CCNC(=O)C(Cc1ccccc1)N(Cc1ccc(F)cc1)C(=O)CSCc1ccccc1. The Labute approximate surface area is 199 Å². The van der Waals surface area contributed by atoms with Gasteiger partial charge in [0.15, 0.2) is 0 Å². The van der Waals surface area contributed by atoms with Crippen molar-refractivity contribution < 1.29 is 14.0 Å². The van der Waals surface area contributed by atoms with Crippen LogP contribution < -0.4 is 5.32 Å². The lowest BCUT2D eigenvalue weighted by atomic mass is 10.0. The number of halogens is 1. The van der Waals surface area contributed by atoms with Gasteiger partial charge in [0.2, 0.25) is 11.8 Å². The van der Waals surface area contributed by atoms with E-state index in [0.717, 1.165) is 16.7 Å². The first-order valence-corrected chi connectivity index (χ1v) is 12.2. The minimum absolute atomic E-state index is 0.118. The van der Waals surface area contributed by atoms with Gasteiger partial charge >= 0.3 is 0 Å². The van der Waals surface area contributed by atoms with Crippen molar-refractivity contribution in [3.05, 3.63) is 107 Å². The molecule has 6 heteroatoms. The molecule has 3 aromatic rings. The third kappa shape index (κ3) is 7.75. The molecule has 0 aliphatic heterocycles. The molecule has 3 rings (SSSR count). The highest BCUT2D eigenvalue weighted by atomic mass is 32.2. The van der Waals surface area contributed by atoms with Gasteiger partial charge in [-0.1, -0.05) is 72.8 Å². The summed E-state index contributed by atoms with van der Waals surface area (Å²) in [6.45, 7) is 2.57. The maximum atomic E-state index is 13.4. The normalized spacial score (nSPS) is 11.6. The van der Waals surface area contributed by atoms with E-state index < -0.39 is 6.04 Å². The summed E-state index contributed by atoms with van der Waals surface area (Å²) in [6, 6.07) is 25.0. The highest BCUT2D eigenvalue weighted by Gasteiger charge is 2.30. The molecule has 1 unspecified atom stereocenters. The molecule has 0 spiro atoms. The second-order valence-electron chi connectivity index (χ2n) is 7.73. The Balaban J connectivity index is 1.81. The van der Waals surface area contributed by atoms with E-state index in [9.17, 15) is 14.0 Å². The summed E-state index contributed by atoms with van der Waals surface area (Å²) in [5.74, 6) is 0.319. The van der Waals surface area contributed by atoms with Crippen molar-refractivity contribution >= 4 is 23.6 Å². The number of nitrogens with zero attached hydrogens (tertiary/aromatic N) is 1. The van der Waals surface area contributed by atoms with Gasteiger partial charge in [0.25, 0.3) is 0 Å². The highest BCUT2D eigenvalue weighted by molar-refractivity contribution is 7.99. The summed E-state index contributed by atoms with van der Waals surface area (Å²) in [5.41, 5.74) is 2.90. The van der Waals surface area contributed by atoms with Crippen molar-refractivity contribution in [2.24, 2.45) is 0 Å². The molecule has 0 saturated carbocycles. The van der Waals surface area contributed by atoms with Crippen LogP contribution in [0.1, 0.15) is 23.6 Å². The molecule has 172 valence electrons. The first kappa shape index (κ1) is 24.5. The Bertz CT molecular complexity index is 1010. The van der Waals surface area contributed by atoms with Gasteiger partial charge in [-0.3, -0.25) is 9.59 Å². The summed E-state index contributed by atoms with van der Waals surface area (Å²) < 4.78 is 13.4. The minimum atomic E-state index is -0.665. The molecule has 4 nitrogen and oxygen atoms in total. The van der Waals surface area contributed by atoms with E-state index in [4.69, 9.17) is 0 Å². The number of thioether (sulfide) groups is 1. The average Bonchev–Trinajstić information content (AvgIpc) is 2.84. The number of benzene rings is 3. The Morgan fingerprint density at radius 1 is 0.879 bits per heavy atom. The third-order valence-electron chi connectivity index (χ3n) is 5.23. The van der Waals surface area contributed by atoms with Gasteiger partial charge in [-0.05, 0) is 35.7 Å². The molecule has 3 aromatic carbocycles. The molecule has 33 heavy (non-hydrogen) atoms. The molecule has 0 aliphatic carbocycles. The zero-order chi connectivity index (χ0) is 23.5. The van der Waals surface area contributed by atoms with Crippen LogP contribution in [0.3, 0.4) is 0 Å². The van der Waals surface area contributed by atoms with Crippen molar-refractivity contribution in [3.8, 4) is 0 Å². The van der Waals surface area contributed by atoms with Gasteiger partial charge in [0.1, 0.15) is 11.9 Å². The molecule has 1 N–H and O–H groups in total. The Morgan fingerprint density at radius 2 is 1.48 bits per heavy atom. The van der Waals surface area contributed by atoms with Crippen LogP contribution in [0, 0.1) is 5.82 Å². The molecule has 1 atom stereocenters. The number of carbonyl (C=O) groups is 2. The van der Waals surface area contributed by atoms with Crippen molar-refractivity contribution in [1.82, 2.24) is 10.2 Å². The lowest BCUT2D eigenvalue weighted by molar-refractivity contribution is -0.139. The van der Waals surface area contributed by atoms with E-state index in [1.54, 1.807) is 17.0 Å². The predicted octanol–water partition coefficient (Wildman–Crippen LogP) is 4.84. The van der Waals surface area contributed by atoms with Gasteiger partial charge in [-0.15, -0.1) is 11.8 Å². The van der Waals surface area contributed by atoms with Crippen molar-refractivity contribution in [2.75, 3.05) is 12.3 Å². The summed E-state index contributed by atoms with van der Waals surface area (Å²) in [5, 5.41) is 2.88. The first-order valence-electron chi connectivity index (χ1n) is 11.0. The van der Waals surface area contributed by atoms with Crippen molar-refractivity contribution in [1.29, 1.82) is 0 Å². The lowest BCUT2D eigenvalue weighted by Gasteiger charge is -2.31. The van der Waals surface area contributed by atoms with Gasteiger partial charge < -0.3 is 10.2 Å². The predicted molar refractivity (Wildman–Crippen MR) is 132 cm³/mol. The molecule has 0 bridgehead atoms. The van der Waals surface area contributed by atoms with Crippen molar-refractivity contribution in [2.45, 2.75) is 31.7 Å². The Kier molecular flexibility index (Phi) is 9.51. The van der Waals surface area contributed by atoms with Crippen LogP contribution in [0.15, 0.2) is 84.9 Å². The van der Waals surface area contributed by atoms with Crippen LogP contribution >= 0.6 is 11.8 Å². The molecule has 0 heterocycles. The molecule has 0 saturated heterocycles. The minimum Gasteiger partial charge on any atom is -0.355 e. The van der Waals surface area contributed by atoms with Gasteiger partial charge in [0.05, 0.1) is 5.75 Å². The van der Waals surface area contributed by atoms with Gasteiger partial charge in [-0.25, -0.2) is 4.39 Å². The number of likely N-dealkylation sites (N-methyl/N-ethyl adjacent to an activating group) is 1. The van der Waals surface area contributed by atoms with E-state index in [2.05, 4.69) is 5.32 Å². The zero-order valence-electron chi connectivity index (χ0n) is 18.7. The van der Waals surface area contributed by atoms with Crippen LogP contribution in [-0.4, -0.2) is 35.1 Å². The topological polar surface area (TPSA) is 49.4 Å². The summed E-state index contributed by atoms with van der Waals surface area (Å²) in [7, 11) is 0. The van der Waals surface area contributed by atoms with E-state index in [1.165, 1.54) is 23.9 Å². The zero-order valence-corrected chi connectivity index (χ0v) is 19.6. The summed E-state index contributed by atoms with van der Waals surface area (Å²) in [6.07, 6.45) is 0.406. The van der Waals surface area contributed by atoms with Gasteiger partial charge in [-0.2, -0.15) is 0 Å². The number of hydrogen-bond donors (Lipinski definition) is 1. The van der Waals surface area contributed by atoms with Crippen LogP contribution in [0.25, 0.3) is 0 Å². The van der Waals surface area contributed by atoms with Crippen LogP contribution in [0.2, 0.25) is 0 Å². The number of rotatable bonds is 11. The van der Waals surface area contributed by atoms with E-state index >= 15 is 0 Å². The fourth-order valence-corrected chi connectivity index (χ4v) is 4.42. The molecular formula is C27H29FN2O2S. The van der Waals surface area contributed by atoms with Crippen LogP contribution in [0.4, 0.5) is 4.39 Å². The van der Waals surface area contributed by atoms with Crippen molar-refractivity contribution in [3.63, 3.8) is 0 Å². The first-order chi connectivity index (χ1) is 16.1. The fourth-order valence-electron chi connectivity index (χ4n) is 3.55. The summed E-state index contributed by atoms with van der Waals surface area (Å²) in [4.78, 5) is 28.1. The van der Waals surface area contributed by atoms with Crippen LogP contribution in [-0.2, 0) is 28.3 Å².